The van der Waals surface area contributed by atoms with Crippen molar-refractivity contribution in [2.24, 2.45) is 11.8 Å². The highest BCUT2D eigenvalue weighted by atomic mass is 14.3. The van der Waals surface area contributed by atoms with E-state index in [0.29, 0.717) is 0 Å². The van der Waals surface area contributed by atoms with Crippen LogP contribution in [0.25, 0.3) is 0 Å². The molecule has 0 heterocycles. The zero-order chi connectivity index (χ0) is 11.5. The minimum Gasteiger partial charge on any atom is -0.0683 e. The van der Waals surface area contributed by atoms with Gasteiger partial charge in [0.05, 0.1) is 0 Å². The standard InChI is InChI=1S/C11H20.2C2H6/c1-2-6-10(5-1)9-11-7-3-4-8-11;2*1-2/h10-11H,1-9H2;2*1-2H3. The fourth-order valence-electron chi connectivity index (χ4n) is 2.96. The molecule has 0 aromatic carbocycles. The van der Waals surface area contributed by atoms with Gasteiger partial charge in [0.2, 0.25) is 0 Å². The summed E-state index contributed by atoms with van der Waals surface area (Å²) in [5.41, 5.74) is 0. The molecule has 15 heavy (non-hydrogen) atoms. The van der Waals surface area contributed by atoms with Gasteiger partial charge in [-0.2, -0.15) is 0 Å². The molecule has 0 radical (unpaired) electrons. The third-order valence-electron chi connectivity index (χ3n) is 3.62. The molecule has 2 aliphatic carbocycles. The first-order valence-corrected chi connectivity index (χ1v) is 7.45. The van der Waals surface area contributed by atoms with E-state index in [1.165, 1.54) is 25.7 Å². The van der Waals surface area contributed by atoms with E-state index < -0.39 is 0 Å². The summed E-state index contributed by atoms with van der Waals surface area (Å²) in [4.78, 5) is 0. The molecule has 2 fully saturated rings. The molecule has 0 unspecified atom stereocenters. The van der Waals surface area contributed by atoms with Crippen LogP contribution in [0.4, 0.5) is 0 Å². The summed E-state index contributed by atoms with van der Waals surface area (Å²) >= 11 is 0. The fourth-order valence-corrected chi connectivity index (χ4v) is 2.96. The minimum absolute atomic E-state index is 1.14. The van der Waals surface area contributed by atoms with Crippen LogP contribution >= 0.6 is 0 Å². The van der Waals surface area contributed by atoms with Crippen molar-refractivity contribution in [3.05, 3.63) is 0 Å². The molecule has 2 aliphatic rings. The second-order valence-electron chi connectivity index (χ2n) is 4.54. The van der Waals surface area contributed by atoms with Gasteiger partial charge in [0.1, 0.15) is 0 Å². The smallest absolute Gasteiger partial charge is 0.0412 e. The van der Waals surface area contributed by atoms with E-state index in [1.54, 1.807) is 32.1 Å². The zero-order valence-corrected chi connectivity index (χ0v) is 11.5. The van der Waals surface area contributed by atoms with Crippen molar-refractivity contribution >= 4 is 0 Å². The molecule has 0 N–H and O–H groups in total. The van der Waals surface area contributed by atoms with E-state index in [0.717, 1.165) is 11.8 Å². The van der Waals surface area contributed by atoms with Crippen molar-refractivity contribution in [1.29, 1.82) is 0 Å². The Labute approximate surface area is 97.8 Å². The Morgan fingerprint density at radius 3 is 1.13 bits per heavy atom. The van der Waals surface area contributed by atoms with Crippen LogP contribution in [0.3, 0.4) is 0 Å². The second kappa shape index (κ2) is 10.5. The van der Waals surface area contributed by atoms with Crippen LogP contribution in [0.5, 0.6) is 0 Å². The average Bonchev–Trinajstić information content (AvgIpc) is 2.98. The van der Waals surface area contributed by atoms with Crippen LogP contribution in [0.15, 0.2) is 0 Å². The van der Waals surface area contributed by atoms with Crippen LogP contribution in [-0.2, 0) is 0 Å². The Morgan fingerprint density at radius 2 is 0.867 bits per heavy atom. The van der Waals surface area contributed by atoms with Crippen molar-refractivity contribution in [2.75, 3.05) is 0 Å². The Bertz CT molecular complexity index is 91.2. The normalized spacial score (nSPS) is 21.6. The SMILES string of the molecule is C1CCC(CC2CCCC2)C1.CC.CC. The summed E-state index contributed by atoms with van der Waals surface area (Å²) in [6.45, 7) is 8.00. The molecular formula is C15H32. The predicted molar refractivity (Wildman–Crippen MR) is 71.2 cm³/mol. The van der Waals surface area contributed by atoms with Gasteiger partial charge in [-0.1, -0.05) is 79.1 Å². The van der Waals surface area contributed by atoms with Gasteiger partial charge in [-0.3, -0.25) is 0 Å². The lowest BCUT2D eigenvalue weighted by atomic mass is 9.92. The van der Waals surface area contributed by atoms with Crippen molar-refractivity contribution < 1.29 is 0 Å². The molecule has 0 atom stereocenters. The summed E-state index contributed by atoms with van der Waals surface area (Å²) in [7, 11) is 0. The summed E-state index contributed by atoms with van der Waals surface area (Å²) < 4.78 is 0. The summed E-state index contributed by atoms with van der Waals surface area (Å²) in [5, 5.41) is 0. The predicted octanol–water partition coefficient (Wildman–Crippen LogP) is 5.81. The lowest BCUT2D eigenvalue weighted by Crippen LogP contribution is -2.01. The van der Waals surface area contributed by atoms with Crippen molar-refractivity contribution in [1.82, 2.24) is 0 Å². The lowest BCUT2D eigenvalue weighted by Gasteiger charge is -2.13. The molecule has 0 amide bonds. The quantitative estimate of drug-likeness (QED) is 0.542. The van der Waals surface area contributed by atoms with Gasteiger partial charge in [0.25, 0.3) is 0 Å². The first-order chi connectivity index (χ1) is 7.45. The highest BCUT2D eigenvalue weighted by Gasteiger charge is 2.22. The maximum Gasteiger partial charge on any atom is -0.0412 e. The van der Waals surface area contributed by atoms with Crippen LogP contribution in [-0.4, -0.2) is 0 Å². The highest BCUT2D eigenvalue weighted by molar-refractivity contribution is 4.74. The third kappa shape index (κ3) is 6.22. The summed E-state index contributed by atoms with van der Waals surface area (Å²) in [5.74, 6) is 2.27. The number of hydrogen-bond acceptors (Lipinski definition) is 0. The molecule has 0 aliphatic heterocycles. The zero-order valence-electron chi connectivity index (χ0n) is 11.5. The Kier molecular flexibility index (Phi) is 10.5. The van der Waals surface area contributed by atoms with E-state index in [4.69, 9.17) is 0 Å². The third-order valence-corrected chi connectivity index (χ3v) is 3.62. The molecular weight excluding hydrogens is 180 g/mol. The Hall–Kier alpha value is 0. The van der Waals surface area contributed by atoms with Crippen molar-refractivity contribution in [3.63, 3.8) is 0 Å². The molecule has 0 aromatic heterocycles. The molecule has 0 nitrogen and oxygen atoms in total. The molecule has 0 spiro atoms. The van der Waals surface area contributed by atoms with Gasteiger partial charge in [-0.25, -0.2) is 0 Å². The monoisotopic (exact) mass is 212 g/mol. The van der Waals surface area contributed by atoms with Crippen LogP contribution in [0.2, 0.25) is 0 Å². The molecule has 0 saturated heterocycles. The topological polar surface area (TPSA) is 0 Å². The largest absolute Gasteiger partial charge is 0.0683 e. The molecule has 0 bridgehead atoms. The Balaban J connectivity index is 0.000000442. The minimum atomic E-state index is 1.14. The summed E-state index contributed by atoms with van der Waals surface area (Å²) in [6, 6.07) is 0. The maximum absolute atomic E-state index is 2.00. The van der Waals surface area contributed by atoms with Crippen LogP contribution in [0, 0.1) is 11.8 Å². The van der Waals surface area contributed by atoms with Crippen molar-refractivity contribution in [2.45, 2.75) is 85.5 Å². The van der Waals surface area contributed by atoms with Gasteiger partial charge >= 0.3 is 0 Å². The molecule has 92 valence electrons. The molecule has 2 rings (SSSR count). The maximum atomic E-state index is 2.00. The van der Waals surface area contributed by atoms with Gasteiger partial charge < -0.3 is 0 Å². The van der Waals surface area contributed by atoms with Gasteiger partial charge in [0.15, 0.2) is 0 Å². The van der Waals surface area contributed by atoms with Gasteiger partial charge in [-0.05, 0) is 18.3 Å². The first kappa shape index (κ1) is 15.0. The lowest BCUT2D eigenvalue weighted by molar-refractivity contribution is 0.382. The highest BCUT2D eigenvalue weighted by Crippen LogP contribution is 2.36. The average molecular weight is 212 g/mol. The van der Waals surface area contributed by atoms with Crippen LogP contribution in [0.1, 0.15) is 85.5 Å². The Morgan fingerprint density at radius 1 is 0.600 bits per heavy atom. The van der Waals surface area contributed by atoms with E-state index in [2.05, 4.69) is 0 Å². The van der Waals surface area contributed by atoms with Crippen molar-refractivity contribution in [3.8, 4) is 0 Å². The molecule has 0 aromatic rings. The fraction of sp³-hybridized carbons (Fsp3) is 1.00. The van der Waals surface area contributed by atoms with Crippen LogP contribution < -0.4 is 0 Å². The van der Waals surface area contributed by atoms with Gasteiger partial charge in [0, 0.05) is 0 Å². The van der Waals surface area contributed by atoms with E-state index in [-0.39, 0.29) is 0 Å². The van der Waals surface area contributed by atoms with Gasteiger partial charge in [-0.15, -0.1) is 0 Å². The first-order valence-electron chi connectivity index (χ1n) is 7.45. The number of hydrogen-bond donors (Lipinski definition) is 0. The molecule has 2 saturated carbocycles. The van der Waals surface area contributed by atoms with E-state index in [1.807, 2.05) is 27.7 Å². The molecule has 0 heteroatoms. The number of rotatable bonds is 2. The summed E-state index contributed by atoms with van der Waals surface area (Å²) in [6.07, 6.45) is 13.9. The second-order valence-corrected chi connectivity index (χ2v) is 4.54. The van der Waals surface area contributed by atoms with E-state index >= 15 is 0 Å². The van der Waals surface area contributed by atoms with E-state index in [9.17, 15) is 0 Å².